The second-order valence-corrected chi connectivity index (χ2v) is 5.32. The first kappa shape index (κ1) is 12.6. The summed E-state index contributed by atoms with van der Waals surface area (Å²) in [5, 5.41) is 17.9. The number of thiazole rings is 1. The second-order valence-electron chi connectivity index (χ2n) is 4.31. The topological polar surface area (TPSA) is 49.9 Å². The smallest absolute Gasteiger partial charge is 0.211 e. The van der Waals surface area contributed by atoms with Crippen molar-refractivity contribution in [3.05, 3.63) is 58.9 Å². The van der Waals surface area contributed by atoms with Crippen molar-refractivity contribution >= 4 is 27.8 Å². The van der Waals surface area contributed by atoms with Crippen LogP contribution in [0.5, 0.6) is 5.75 Å². The molecule has 0 fully saturated rings. The highest BCUT2D eigenvalue weighted by atomic mass is 32.1. The average molecular weight is 283 g/mol. The van der Waals surface area contributed by atoms with Gasteiger partial charge in [-0.1, -0.05) is 35.6 Å². The number of aromatic hydroxyl groups is 1. The lowest BCUT2D eigenvalue weighted by Gasteiger charge is -1.94. The highest BCUT2D eigenvalue weighted by Crippen LogP contribution is 2.15. The molecule has 0 aliphatic carbocycles. The van der Waals surface area contributed by atoms with Crippen LogP contribution in [-0.2, 0) is 7.05 Å². The third-order valence-electron chi connectivity index (χ3n) is 2.99. The van der Waals surface area contributed by atoms with Crippen LogP contribution in [0.2, 0.25) is 0 Å². The summed E-state index contributed by atoms with van der Waals surface area (Å²) >= 11 is 1.58. The minimum atomic E-state index is 0.201. The summed E-state index contributed by atoms with van der Waals surface area (Å²) in [6.45, 7) is 0. The quantitative estimate of drug-likeness (QED) is 0.570. The van der Waals surface area contributed by atoms with Crippen molar-refractivity contribution in [2.45, 2.75) is 0 Å². The molecule has 0 saturated carbocycles. The van der Waals surface area contributed by atoms with E-state index in [2.05, 4.69) is 22.3 Å². The number of benzene rings is 2. The maximum Gasteiger partial charge on any atom is 0.211 e. The summed E-state index contributed by atoms with van der Waals surface area (Å²) in [6.07, 6.45) is 1.56. The van der Waals surface area contributed by atoms with Crippen LogP contribution >= 0.6 is 11.3 Å². The molecule has 0 atom stereocenters. The van der Waals surface area contributed by atoms with Gasteiger partial charge >= 0.3 is 0 Å². The second kappa shape index (κ2) is 5.30. The van der Waals surface area contributed by atoms with E-state index in [4.69, 9.17) is 0 Å². The monoisotopic (exact) mass is 283 g/mol. The van der Waals surface area contributed by atoms with E-state index in [1.165, 1.54) is 4.70 Å². The van der Waals surface area contributed by atoms with Gasteiger partial charge < -0.3 is 9.67 Å². The molecule has 0 aliphatic rings. The normalized spacial score (nSPS) is 12.6. The molecule has 0 radical (unpaired) electrons. The van der Waals surface area contributed by atoms with Crippen molar-refractivity contribution in [1.29, 1.82) is 0 Å². The Morgan fingerprint density at radius 3 is 2.65 bits per heavy atom. The SMILES string of the molecule is Cn1/c(=N\N=C/c2ccccc2O)sc2ccccc21. The number of para-hydroxylation sites is 2. The molecule has 0 amide bonds. The van der Waals surface area contributed by atoms with Gasteiger partial charge in [-0.2, -0.15) is 5.10 Å². The largest absolute Gasteiger partial charge is 0.507 e. The number of phenolic OH excluding ortho intramolecular Hbond substituents is 1. The lowest BCUT2D eigenvalue weighted by Crippen LogP contribution is -2.08. The molecule has 1 N–H and O–H groups in total. The van der Waals surface area contributed by atoms with Crippen molar-refractivity contribution in [1.82, 2.24) is 4.57 Å². The van der Waals surface area contributed by atoms with E-state index in [1.54, 1.807) is 35.8 Å². The summed E-state index contributed by atoms with van der Waals surface area (Å²) in [5.41, 5.74) is 1.79. The van der Waals surface area contributed by atoms with Gasteiger partial charge in [-0.3, -0.25) is 0 Å². The average Bonchev–Trinajstić information content (AvgIpc) is 2.78. The molecule has 2 aromatic carbocycles. The van der Waals surface area contributed by atoms with Crippen LogP contribution in [-0.4, -0.2) is 15.9 Å². The number of hydrogen-bond donors (Lipinski definition) is 1. The minimum Gasteiger partial charge on any atom is -0.507 e. The number of hydrogen-bond acceptors (Lipinski definition) is 4. The first-order chi connectivity index (χ1) is 9.75. The van der Waals surface area contributed by atoms with E-state index in [-0.39, 0.29) is 5.75 Å². The maximum absolute atomic E-state index is 9.64. The summed E-state index contributed by atoms with van der Waals surface area (Å²) < 4.78 is 3.17. The number of rotatable bonds is 2. The van der Waals surface area contributed by atoms with Crippen molar-refractivity contribution in [2.24, 2.45) is 17.3 Å². The maximum atomic E-state index is 9.64. The standard InChI is InChI=1S/C15H13N3OS/c1-18-12-7-3-5-9-14(12)20-15(18)17-16-10-11-6-2-4-8-13(11)19/h2-10,19H,1H3/b16-10-,17-15+. The fourth-order valence-corrected chi connectivity index (χ4v) is 2.89. The van der Waals surface area contributed by atoms with Gasteiger partial charge in [-0.25, -0.2) is 0 Å². The van der Waals surface area contributed by atoms with Crippen molar-refractivity contribution in [3.8, 4) is 5.75 Å². The fraction of sp³-hybridized carbons (Fsp3) is 0.0667. The number of aromatic nitrogens is 1. The molecule has 0 saturated heterocycles. The molecular weight excluding hydrogens is 270 g/mol. The third kappa shape index (κ3) is 2.35. The zero-order valence-corrected chi connectivity index (χ0v) is 11.7. The van der Waals surface area contributed by atoms with E-state index >= 15 is 0 Å². The van der Waals surface area contributed by atoms with Gasteiger partial charge in [-0.05, 0) is 24.3 Å². The van der Waals surface area contributed by atoms with E-state index in [0.717, 1.165) is 10.3 Å². The van der Waals surface area contributed by atoms with Crippen LogP contribution in [0.15, 0.2) is 58.7 Å². The molecule has 20 heavy (non-hydrogen) atoms. The van der Waals surface area contributed by atoms with Crippen LogP contribution in [0.3, 0.4) is 0 Å². The predicted molar refractivity (Wildman–Crippen MR) is 82.1 cm³/mol. The molecule has 4 nitrogen and oxygen atoms in total. The van der Waals surface area contributed by atoms with Gasteiger partial charge in [0, 0.05) is 12.6 Å². The predicted octanol–water partition coefficient (Wildman–Crippen LogP) is 2.88. The molecule has 1 aromatic heterocycles. The summed E-state index contributed by atoms with van der Waals surface area (Å²) in [5.74, 6) is 0.201. The highest BCUT2D eigenvalue weighted by molar-refractivity contribution is 7.16. The van der Waals surface area contributed by atoms with E-state index in [9.17, 15) is 5.11 Å². The molecule has 1 heterocycles. The lowest BCUT2D eigenvalue weighted by molar-refractivity contribution is 0.474. The highest BCUT2D eigenvalue weighted by Gasteiger charge is 2.00. The van der Waals surface area contributed by atoms with Gasteiger partial charge in [0.15, 0.2) is 0 Å². The Bertz CT molecular complexity index is 845. The molecular formula is C15H13N3OS. The van der Waals surface area contributed by atoms with Gasteiger partial charge in [0.1, 0.15) is 5.75 Å². The van der Waals surface area contributed by atoms with Crippen molar-refractivity contribution < 1.29 is 5.11 Å². The first-order valence-corrected chi connectivity index (χ1v) is 6.97. The minimum absolute atomic E-state index is 0.201. The van der Waals surface area contributed by atoms with Gasteiger partial charge in [-0.15, -0.1) is 5.10 Å². The van der Waals surface area contributed by atoms with E-state index in [1.807, 2.05) is 29.8 Å². The summed E-state index contributed by atoms with van der Waals surface area (Å²) in [4.78, 5) is 0.817. The number of aryl methyl sites for hydroxylation is 1. The fourth-order valence-electron chi connectivity index (χ4n) is 1.92. The molecule has 100 valence electrons. The van der Waals surface area contributed by atoms with Crippen LogP contribution in [0.25, 0.3) is 10.2 Å². The van der Waals surface area contributed by atoms with Gasteiger partial charge in [0.05, 0.1) is 16.4 Å². The molecule has 0 bridgehead atoms. The lowest BCUT2D eigenvalue weighted by atomic mass is 10.2. The number of phenols is 1. The molecule has 0 spiro atoms. The van der Waals surface area contributed by atoms with Crippen molar-refractivity contribution in [2.75, 3.05) is 0 Å². The molecule has 0 aliphatic heterocycles. The third-order valence-corrected chi connectivity index (χ3v) is 4.09. The Morgan fingerprint density at radius 1 is 1.10 bits per heavy atom. The van der Waals surface area contributed by atoms with Crippen LogP contribution in [0.4, 0.5) is 0 Å². The van der Waals surface area contributed by atoms with Crippen LogP contribution in [0, 0.1) is 0 Å². The number of nitrogens with zero attached hydrogens (tertiary/aromatic N) is 3. The van der Waals surface area contributed by atoms with E-state index in [0.29, 0.717) is 5.56 Å². The Hall–Kier alpha value is -2.40. The van der Waals surface area contributed by atoms with Crippen LogP contribution in [0.1, 0.15) is 5.56 Å². The Balaban J connectivity index is 1.99. The number of fused-ring (bicyclic) bond motifs is 1. The zero-order valence-electron chi connectivity index (χ0n) is 10.9. The van der Waals surface area contributed by atoms with Crippen LogP contribution < -0.4 is 4.80 Å². The van der Waals surface area contributed by atoms with Crippen molar-refractivity contribution in [3.63, 3.8) is 0 Å². The Labute approximate surface area is 120 Å². The Morgan fingerprint density at radius 2 is 1.85 bits per heavy atom. The first-order valence-electron chi connectivity index (χ1n) is 6.15. The summed E-state index contributed by atoms with van der Waals surface area (Å²) in [6, 6.07) is 15.2. The molecule has 3 aromatic rings. The molecule has 5 heteroatoms. The summed E-state index contributed by atoms with van der Waals surface area (Å²) in [7, 11) is 1.97. The zero-order chi connectivity index (χ0) is 13.9. The van der Waals surface area contributed by atoms with E-state index < -0.39 is 0 Å². The molecule has 3 rings (SSSR count). The van der Waals surface area contributed by atoms with Gasteiger partial charge in [0.25, 0.3) is 0 Å². The Kier molecular flexibility index (Phi) is 3.35. The van der Waals surface area contributed by atoms with Gasteiger partial charge in [0.2, 0.25) is 4.80 Å². The molecule has 0 unspecified atom stereocenters.